The van der Waals surface area contributed by atoms with Gasteiger partial charge in [-0.05, 0) is 25.0 Å². The lowest BCUT2D eigenvalue weighted by Gasteiger charge is -2.29. The fraction of sp³-hybridized carbons (Fsp3) is 0.400. The summed E-state index contributed by atoms with van der Waals surface area (Å²) in [6, 6.07) is 6.14. The van der Waals surface area contributed by atoms with Gasteiger partial charge in [0.1, 0.15) is 11.3 Å². The van der Waals surface area contributed by atoms with Crippen LogP contribution in [-0.2, 0) is 0 Å². The molecule has 30 heavy (non-hydrogen) atoms. The first-order valence-electron chi connectivity index (χ1n) is 9.94. The van der Waals surface area contributed by atoms with E-state index in [4.69, 9.17) is 15.9 Å². The third kappa shape index (κ3) is 4.13. The molecule has 1 aliphatic carbocycles. The average molecular weight is 410 g/mol. The minimum Gasteiger partial charge on any atom is -0.423 e. The van der Waals surface area contributed by atoms with E-state index < -0.39 is 5.91 Å². The highest BCUT2D eigenvalue weighted by Crippen LogP contribution is 2.27. The number of nitrogens with zero attached hydrogens (tertiary/aromatic N) is 4. The maximum atomic E-state index is 11.9. The Balaban J connectivity index is 1.61. The zero-order valence-corrected chi connectivity index (χ0v) is 17.1. The van der Waals surface area contributed by atoms with Crippen molar-refractivity contribution >= 4 is 40.3 Å². The smallest absolute Gasteiger partial charge is 0.297 e. The summed E-state index contributed by atoms with van der Waals surface area (Å²) in [6.45, 7) is 0. The van der Waals surface area contributed by atoms with Crippen molar-refractivity contribution in [3.8, 4) is 0 Å². The Kier molecular flexibility index (Phi) is 5.40. The van der Waals surface area contributed by atoms with Crippen molar-refractivity contribution in [3.63, 3.8) is 0 Å². The molecule has 1 amide bonds. The van der Waals surface area contributed by atoms with Gasteiger partial charge in [0.15, 0.2) is 17.1 Å². The number of anilines is 4. The van der Waals surface area contributed by atoms with Crippen molar-refractivity contribution in [2.45, 2.75) is 37.8 Å². The monoisotopic (exact) mass is 410 g/mol. The number of rotatable bonds is 6. The van der Waals surface area contributed by atoms with E-state index in [2.05, 4.69) is 25.6 Å². The molecule has 1 fully saturated rings. The predicted molar refractivity (Wildman–Crippen MR) is 116 cm³/mol. The minimum atomic E-state index is -0.665. The third-order valence-corrected chi connectivity index (χ3v) is 5.18. The molecule has 1 saturated carbocycles. The average Bonchev–Trinajstić information content (AvgIpc) is 3.13. The molecule has 2 atom stereocenters. The number of oxazole rings is 1. The molecule has 0 radical (unpaired) electrons. The first-order chi connectivity index (χ1) is 14.4. The second kappa shape index (κ2) is 8.15. The maximum Gasteiger partial charge on any atom is 0.297 e. The van der Waals surface area contributed by atoms with E-state index in [9.17, 15) is 4.79 Å². The molecule has 1 aromatic carbocycles. The van der Waals surface area contributed by atoms with Crippen molar-refractivity contribution in [1.29, 1.82) is 0 Å². The van der Waals surface area contributed by atoms with E-state index >= 15 is 0 Å². The number of nitrogens with two attached hydrogens (primary N) is 2. The van der Waals surface area contributed by atoms with Gasteiger partial charge in [-0.25, -0.2) is 9.97 Å². The highest BCUT2D eigenvalue weighted by molar-refractivity contribution is 5.96. The zero-order valence-electron chi connectivity index (χ0n) is 17.1. The van der Waals surface area contributed by atoms with Gasteiger partial charge in [0, 0.05) is 37.9 Å². The standard InChI is InChI=1S/C20H26N8O2/c1-28(2)20-26-14-8-7-11(9-15(14)30-20)24-19-17(18(22)29)23-10-16(27-19)25-13-6-4-3-5-12(13)21/h7-10,12-13H,3-6,21H2,1-2H3,(H2,22,29)(H2,24,25,27). The van der Waals surface area contributed by atoms with Crippen LogP contribution in [0.25, 0.3) is 11.1 Å². The molecule has 10 heteroatoms. The number of carbonyl (C=O) groups excluding carboxylic acids is 1. The molecular weight excluding hydrogens is 384 g/mol. The third-order valence-electron chi connectivity index (χ3n) is 5.18. The van der Waals surface area contributed by atoms with E-state index in [0.717, 1.165) is 31.2 Å². The summed E-state index contributed by atoms with van der Waals surface area (Å²) in [6.07, 6.45) is 5.71. The Hall–Kier alpha value is -3.40. The first-order valence-corrected chi connectivity index (χ1v) is 9.94. The second-order valence-electron chi connectivity index (χ2n) is 7.71. The van der Waals surface area contributed by atoms with Gasteiger partial charge in [-0.1, -0.05) is 12.8 Å². The van der Waals surface area contributed by atoms with Gasteiger partial charge >= 0.3 is 0 Å². The first kappa shape index (κ1) is 19.9. The van der Waals surface area contributed by atoms with E-state index in [1.807, 2.05) is 26.2 Å². The molecular formula is C20H26N8O2. The maximum absolute atomic E-state index is 11.9. The number of fused-ring (bicyclic) bond motifs is 1. The number of amides is 1. The summed E-state index contributed by atoms with van der Waals surface area (Å²) >= 11 is 0. The van der Waals surface area contributed by atoms with Gasteiger partial charge in [0.25, 0.3) is 11.9 Å². The van der Waals surface area contributed by atoms with Crippen molar-refractivity contribution in [1.82, 2.24) is 15.0 Å². The fourth-order valence-corrected chi connectivity index (χ4v) is 3.57. The Bertz CT molecular complexity index is 1060. The number of benzene rings is 1. The Morgan fingerprint density at radius 2 is 2.03 bits per heavy atom. The van der Waals surface area contributed by atoms with Crippen LogP contribution in [0.1, 0.15) is 36.2 Å². The molecule has 2 aromatic heterocycles. The quantitative estimate of drug-likeness (QED) is 0.480. The number of hydrogen-bond donors (Lipinski definition) is 4. The highest BCUT2D eigenvalue weighted by atomic mass is 16.4. The Labute approximate surface area is 174 Å². The number of hydrogen-bond acceptors (Lipinski definition) is 9. The van der Waals surface area contributed by atoms with Crippen LogP contribution >= 0.6 is 0 Å². The van der Waals surface area contributed by atoms with E-state index in [0.29, 0.717) is 23.1 Å². The summed E-state index contributed by atoms with van der Waals surface area (Å²) < 4.78 is 5.74. The molecule has 3 aromatic rings. The summed E-state index contributed by atoms with van der Waals surface area (Å²) in [5, 5.41) is 6.47. The topological polar surface area (TPSA) is 148 Å². The number of aromatic nitrogens is 3. The van der Waals surface area contributed by atoms with Crippen LogP contribution in [0.5, 0.6) is 0 Å². The molecule has 1 aliphatic rings. The van der Waals surface area contributed by atoms with Crippen LogP contribution in [-0.4, -0.2) is 47.0 Å². The van der Waals surface area contributed by atoms with E-state index in [1.54, 1.807) is 11.0 Å². The zero-order chi connectivity index (χ0) is 21.3. The highest BCUT2D eigenvalue weighted by Gasteiger charge is 2.23. The molecule has 0 spiro atoms. The van der Waals surface area contributed by atoms with Gasteiger partial charge in [-0.15, -0.1) is 0 Å². The second-order valence-corrected chi connectivity index (χ2v) is 7.71. The summed E-state index contributed by atoms with van der Waals surface area (Å²) in [5.74, 6) is 0.144. The lowest BCUT2D eigenvalue weighted by Crippen LogP contribution is -2.42. The van der Waals surface area contributed by atoms with Crippen LogP contribution in [0.15, 0.2) is 28.8 Å². The van der Waals surface area contributed by atoms with Crippen molar-refractivity contribution < 1.29 is 9.21 Å². The Morgan fingerprint density at radius 3 is 2.77 bits per heavy atom. The Morgan fingerprint density at radius 1 is 1.23 bits per heavy atom. The molecule has 2 heterocycles. The number of primary amides is 1. The van der Waals surface area contributed by atoms with Crippen LogP contribution in [0.2, 0.25) is 0 Å². The van der Waals surface area contributed by atoms with Crippen LogP contribution in [0.3, 0.4) is 0 Å². The lowest BCUT2D eigenvalue weighted by atomic mass is 9.91. The van der Waals surface area contributed by atoms with Crippen LogP contribution in [0.4, 0.5) is 23.3 Å². The lowest BCUT2D eigenvalue weighted by molar-refractivity contribution is 0.0996. The molecule has 6 N–H and O–H groups in total. The van der Waals surface area contributed by atoms with Crippen LogP contribution < -0.4 is 27.0 Å². The van der Waals surface area contributed by atoms with Gasteiger partial charge in [-0.2, -0.15) is 4.98 Å². The summed E-state index contributed by atoms with van der Waals surface area (Å²) in [4.78, 5) is 26.8. The number of carbonyl (C=O) groups is 1. The van der Waals surface area contributed by atoms with Gasteiger partial charge in [0.2, 0.25) is 0 Å². The largest absolute Gasteiger partial charge is 0.423 e. The van der Waals surface area contributed by atoms with Gasteiger partial charge < -0.3 is 31.4 Å². The van der Waals surface area contributed by atoms with E-state index in [1.165, 1.54) is 6.20 Å². The molecule has 0 saturated heterocycles. The normalized spacial score (nSPS) is 18.9. The summed E-state index contributed by atoms with van der Waals surface area (Å²) in [5.41, 5.74) is 13.8. The molecule has 2 unspecified atom stereocenters. The van der Waals surface area contributed by atoms with E-state index in [-0.39, 0.29) is 23.6 Å². The molecule has 10 nitrogen and oxygen atoms in total. The van der Waals surface area contributed by atoms with Crippen LogP contribution in [0, 0.1) is 0 Å². The predicted octanol–water partition coefficient (Wildman–Crippen LogP) is 2.21. The summed E-state index contributed by atoms with van der Waals surface area (Å²) in [7, 11) is 3.71. The van der Waals surface area contributed by atoms with Crippen molar-refractivity contribution in [3.05, 3.63) is 30.1 Å². The fourth-order valence-electron chi connectivity index (χ4n) is 3.57. The molecule has 4 rings (SSSR count). The van der Waals surface area contributed by atoms with Gasteiger partial charge in [0.05, 0.1) is 6.20 Å². The van der Waals surface area contributed by atoms with Gasteiger partial charge in [-0.3, -0.25) is 4.79 Å². The molecule has 0 bridgehead atoms. The van der Waals surface area contributed by atoms with Crippen molar-refractivity contribution in [2.24, 2.45) is 11.5 Å². The minimum absolute atomic E-state index is 0.0557. The molecule has 158 valence electrons. The SMILES string of the molecule is CN(C)c1nc2ccc(Nc3nc(NC4CCCCC4N)cnc3C(N)=O)cc2o1. The molecule has 0 aliphatic heterocycles. The van der Waals surface area contributed by atoms with Crippen molar-refractivity contribution in [2.75, 3.05) is 29.6 Å². The number of nitrogens with one attached hydrogen (secondary N) is 2.